The number of nitrogens with zero attached hydrogens (tertiary/aromatic N) is 3. The number of aliphatic imine (C=N–C) groups is 1. The predicted molar refractivity (Wildman–Crippen MR) is 269 cm³/mol. The zero-order valence-corrected chi connectivity index (χ0v) is 41.3. The number of nitrogens with one attached hydrogen (secondary N) is 4. The van der Waals surface area contributed by atoms with Crippen LogP contribution in [-0.2, 0) is 32.3 Å². The van der Waals surface area contributed by atoms with Crippen molar-refractivity contribution in [2.45, 2.75) is 64.1 Å². The smallest absolute Gasteiger partial charge is 0.490 e. The summed E-state index contributed by atoms with van der Waals surface area (Å²) in [6, 6.07) is 36.6. The zero-order chi connectivity index (χ0) is 55.7. The highest BCUT2D eigenvalue weighted by atomic mass is 19.4. The minimum absolute atomic E-state index is 0.0566. The standard InChI is InChI=1S/C49H56N8O4.2C2HF3O2/c1-35-32-39(15-12-11-14-37-21-25-42(26-22-37)56(3)4)33-36(2)57(35)31-30-52-49(61)55-48(50)51-29-13-20-44(46(59)53-34-38-23-27-43(58)28-24-38)54-47(60)45(40-16-7-5-8-17-40)41-18-9-6-10-19-41;2*3-2(4,5)1(6)7/h5-12,14-19,21-28,32-33,44-45H,13,20,29-31,34H2,1-4H3,(H6-,50,51,52,53,54,55,58,59,60,61);2*(H,6,7)/t44-;;/m1../s1. The summed E-state index contributed by atoms with van der Waals surface area (Å²) in [6.07, 6.45) is -1.42. The van der Waals surface area contributed by atoms with Crippen molar-refractivity contribution in [3.05, 3.63) is 173 Å². The molecule has 0 radical (unpaired) electrons. The van der Waals surface area contributed by atoms with Crippen molar-refractivity contribution >= 4 is 53.6 Å². The number of hydrogen-bond acceptors (Lipinski definition) is 9. The predicted octanol–water partition coefficient (Wildman–Crippen LogP) is 6.05. The summed E-state index contributed by atoms with van der Waals surface area (Å²) in [5.74, 6) is -7.00. The normalized spacial score (nSPS) is 11.9. The molecule has 0 aliphatic carbocycles. The molecule has 0 fully saturated rings. The van der Waals surface area contributed by atoms with Gasteiger partial charge in [-0.05, 0) is 64.9 Å². The van der Waals surface area contributed by atoms with Gasteiger partial charge in [0.2, 0.25) is 11.8 Å². The molecule has 1 atom stereocenters. The number of aromatic hydroxyl groups is 1. The average Bonchev–Trinajstić information content (AvgIpc) is 3.35. The molecule has 4 amide bonds. The number of rotatable bonds is 18. The number of anilines is 1. The van der Waals surface area contributed by atoms with E-state index in [2.05, 4.69) is 84.3 Å². The van der Waals surface area contributed by atoms with Crippen LogP contribution in [0.1, 0.15) is 58.0 Å². The molecule has 1 aromatic heterocycles. The van der Waals surface area contributed by atoms with Crippen LogP contribution in [0.3, 0.4) is 0 Å². The first-order valence-electron chi connectivity index (χ1n) is 22.9. The van der Waals surface area contributed by atoms with E-state index in [0.29, 0.717) is 19.5 Å². The van der Waals surface area contributed by atoms with Crippen molar-refractivity contribution in [1.29, 1.82) is 0 Å². The Labute approximate surface area is 429 Å². The Kier molecular flexibility index (Phi) is 24.0. The lowest BCUT2D eigenvalue weighted by atomic mass is 9.90. The number of urea groups is 1. The highest BCUT2D eigenvalue weighted by molar-refractivity contribution is 5.95. The van der Waals surface area contributed by atoms with Crippen LogP contribution in [0.4, 0.5) is 36.8 Å². The van der Waals surface area contributed by atoms with Crippen molar-refractivity contribution in [2.24, 2.45) is 10.7 Å². The number of halogens is 6. The second-order valence-electron chi connectivity index (χ2n) is 16.5. The molecule has 400 valence electrons. The first-order valence-corrected chi connectivity index (χ1v) is 22.9. The van der Waals surface area contributed by atoms with E-state index in [-0.39, 0.29) is 43.0 Å². The molecule has 1 heterocycles. The quantitative estimate of drug-likeness (QED) is 0.0134. The molecule has 0 aliphatic heterocycles. The monoisotopic (exact) mass is 1050 g/mol. The molecule has 5 aromatic rings. The summed E-state index contributed by atoms with van der Waals surface area (Å²) >= 11 is 0. The van der Waals surface area contributed by atoms with Gasteiger partial charge in [0.1, 0.15) is 17.8 Å². The Bertz CT molecular complexity index is 2650. The fraction of sp³-hybridized carbons (Fsp3) is 0.264. The lowest BCUT2D eigenvalue weighted by molar-refractivity contribution is -0.706. The summed E-state index contributed by atoms with van der Waals surface area (Å²) in [5.41, 5.74) is 14.0. The number of carbonyl (C=O) groups excluding carboxylic acids is 4. The van der Waals surface area contributed by atoms with Gasteiger partial charge in [-0.25, -0.2) is 9.59 Å². The molecular weight excluding hydrogens is 991 g/mol. The van der Waals surface area contributed by atoms with Gasteiger partial charge in [0.05, 0.1) is 12.5 Å². The van der Waals surface area contributed by atoms with Crippen LogP contribution in [0.5, 0.6) is 5.75 Å². The molecule has 0 aliphatic rings. The third-order valence-corrected chi connectivity index (χ3v) is 10.5. The number of carboxylic acid groups (broad SMARTS) is 2. The van der Waals surface area contributed by atoms with Crippen LogP contribution in [-0.4, -0.2) is 91.5 Å². The maximum atomic E-state index is 13.9. The summed E-state index contributed by atoms with van der Waals surface area (Å²) in [5, 5.41) is 36.9. The van der Waals surface area contributed by atoms with Gasteiger partial charge in [-0.1, -0.05) is 109 Å². The number of alkyl halides is 6. The Balaban J connectivity index is 0.000000928. The lowest BCUT2D eigenvalue weighted by Gasteiger charge is -2.23. The van der Waals surface area contributed by atoms with Gasteiger partial charge < -0.3 is 46.7 Å². The van der Waals surface area contributed by atoms with Crippen LogP contribution < -0.4 is 41.6 Å². The van der Waals surface area contributed by atoms with Crippen molar-refractivity contribution in [1.82, 2.24) is 21.3 Å². The molecule has 0 bridgehead atoms. The molecule has 0 saturated carbocycles. The number of hydrogen-bond donors (Lipinski definition) is 7. The van der Waals surface area contributed by atoms with E-state index in [0.717, 1.165) is 44.9 Å². The molecular formula is C53H58F6N8O8. The molecule has 0 saturated heterocycles. The van der Waals surface area contributed by atoms with Gasteiger partial charge in [0.25, 0.3) is 0 Å². The van der Waals surface area contributed by atoms with Crippen LogP contribution in [0, 0.1) is 13.8 Å². The van der Waals surface area contributed by atoms with Gasteiger partial charge in [0, 0.05) is 58.9 Å². The van der Waals surface area contributed by atoms with E-state index < -0.39 is 42.3 Å². The number of aryl methyl sites for hydroxylation is 2. The second kappa shape index (κ2) is 29.7. The number of pyridine rings is 1. The summed E-state index contributed by atoms with van der Waals surface area (Å²) < 4.78 is 65.4. The van der Waals surface area contributed by atoms with Crippen molar-refractivity contribution in [2.75, 3.05) is 32.1 Å². The molecule has 0 unspecified atom stereocenters. The SMILES string of the molecule is Cc1cc(/C=C/C=C/c2ccc(N(C)C)cc2)cc(C)[n+]1CCNC(=O)NC(N)=NCCC[C@@H](NC(=O)C(c1ccccc1)c1ccccc1)C(=O)NCc1ccc(O)cc1.O=C(O)C(F)(F)F.O=C([O-])C(F)(F)F. The number of allylic oxidation sites excluding steroid dienone is 2. The molecule has 75 heavy (non-hydrogen) atoms. The largest absolute Gasteiger partial charge is 0.542 e. The average molecular weight is 1050 g/mol. The van der Waals surface area contributed by atoms with Crippen molar-refractivity contribution < 1.29 is 70.2 Å². The number of aliphatic carboxylic acids is 2. The van der Waals surface area contributed by atoms with Gasteiger partial charge in [-0.2, -0.15) is 30.9 Å². The number of phenols is 1. The number of amides is 4. The van der Waals surface area contributed by atoms with Crippen LogP contribution in [0.25, 0.3) is 12.2 Å². The molecule has 22 heteroatoms. The summed E-state index contributed by atoms with van der Waals surface area (Å²) in [7, 11) is 4.05. The van der Waals surface area contributed by atoms with E-state index in [1.54, 1.807) is 24.3 Å². The minimum atomic E-state index is -5.19. The maximum absolute atomic E-state index is 13.9. The van der Waals surface area contributed by atoms with Crippen LogP contribution in [0.2, 0.25) is 0 Å². The number of aromatic nitrogens is 1. The van der Waals surface area contributed by atoms with E-state index in [1.807, 2.05) is 101 Å². The van der Waals surface area contributed by atoms with Gasteiger partial charge in [-0.15, -0.1) is 0 Å². The van der Waals surface area contributed by atoms with Crippen LogP contribution >= 0.6 is 0 Å². The highest BCUT2D eigenvalue weighted by Crippen LogP contribution is 2.25. The molecule has 5 rings (SSSR count). The van der Waals surface area contributed by atoms with Crippen molar-refractivity contribution in [3.63, 3.8) is 0 Å². The molecule has 0 spiro atoms. The van der Waals surface area contributed by atoms with Gasteiger partial charge in [0.15, 0.2) is 23.9 Å². The third kappa shape index (κ3) is 22.3. The maximum Gasteiger partial charge on any atom is 0.490 e. The first-order chi connectivity index (χ1) is 35.3. The Morgan fingerprint density at radius 2 is 1.25 bits per heavy atom. The molecule has 8 N–H and O–H groups in total. The number of phenolic OH excluding ortho intramolecular Hbond substituents is 1. The second-order valence-corrected chi connectivity index (χ2v) is 16.5. The van der Waals surface area contributed by atoms with Gasteiger partial charge in [-0.3, -0.25) is 19.9 Å². The van der Waals surface area contributed by atoms with E-state index >= 15 is 0 Å². The summed E-state index contributed by atoms with van der Waals surface area (Å²) in [4.78, 5) is 64.3. The van der Waals surface area contributed by atoms with E-state index in [4.69, 9.17) is 25.5 Å². The van der Waals surface area contributed by atoms with Gasteiger partial charge >= 0.3 is 24.4 Å². The fourth-order valence-electron chi connectivity index (χ4n) is 6.84. The van der Waals surface area contributed by atoms with E-state index in [1.165, 1.54) is 0 Å². The number of nitrogens with two attached hydrogens (primary N) is 1. The minimum Gasteiger partial charge on any atom is -0.542 e. The Morgan fingerprint density at radius 1 is 0.747 bits per heavy atom. The Morgan fingerprint density at radius 3 is 1.73 bits per heavy atom. The number of guanidine groups is 1. The number of carbonyl (C=O) groups is 5. The zero-order valence-electron chi connectivity index (χ0n) is 41.3. The van der Waals surface area contributed by atoms with Crippen molar-refractivity contribution in [3.8, 4) is 5.75 Å². The number of carboxylic acids is 2. The fourth-order valence-corrected chi connectivity index (χ4v) is 6.84. The molecule has 16 nitrogen and oxygen atoms in total. The highest BCUT2D eigenvalue weighted by Gasteiger charge is 2.38. The van der Waals surface area contributed by atoms with Crippen LogP contribution in [0.15, 0.2) is 138 Å². The first kappa shape index (κ1) is 60.6. The lowest BCUT2D eigenvalue weighted by Crippen LogP contribution is -2.49. The topological polar surface area (TPSA) is 242 Å². The summed E-state index contributed by atoms with van der Waals surface area (Å²) in [6.45, 7) is 5.42. The molecule has 4 aromatic carbocycles. The number of benzene rings is 4. The Hall–Kier alpha value is -8.69. The van der Waals surface area contributed by atoms with E-state index in [9.17, 15) is 45.8 Å². The third-order valence-electron chi connectivity index (χ3n) is 10.5.